The molecule has 0 spiro atoms. The minimum atomic E-state index is -1.82. The van der Waals surface area contributed by atoms with Crippen molar-refractivity contribution in [3.05, 3.63) is 90.1 Å². The van der Waals surface area contributed by atoms with Crippen LogP contribution in [0, 0.1) is 5.92 Å². The highest BCUT2D eigenvalue weighted by atomic mass is 16.4. The standard InChI is InChI=1S/C52H73N13O16/c1-25(2)15-35(46(74)62-39(23-67)52(80)81)60-49(77)41(26(3)68)64-48(76)36(16-29-11-7-6-8-12-29)58-40(71)21-56-45(73)37(17-30-19-55-34-14-10-9-13-32(30)34)59-47(75)38(18-31-20-54-24-57-31)61-50(78)42(27(4)69)65-51(79)43(28(5)70)63-44(72)33(53)22-66/h6-14,19-20,24-28,33,35-39,41-43,55,66-70H,15-18,21-23,53H2,1-5H3,(H,54,57)(H,56,73)(H,58,71)(H,59,75)(H,60,77)(H,61,78)(H,62,74)(H,63,72)(H,64,76)(H,65,79)(H,80,81)/t26-,27-,28-,33+,35+,36+,37+,38+,39+,41+,42+,43+/m1/s1. The molecule has 2 aromatic heterocycles. The smallest absolute Gasteiger partial charge is 0.328 e. The van der Waals surface area contributed by atoms with E-state index < -0.39 is 152 Å². The topological polar surface area (TPSA) is 471 Å². The lowest BCUT2D eigenvalue weighted by Crippen LogP contribution is -2.63. The fraction of sp³-hybridized carbons (Fsp3) is 0.481. The van der Waals surface area contributed by atoms with Crippen LogP contribution in [0.25, 0.3) is 10.9 Å². The summed E-state index contributed by atoms with van der Waals surface area (Å²) in [5.74, 6) is -10.9. The number of amides is 9. The molecule has 0 aliphatic heterocycles. The second-order valence-electron chi connectivity index (χ2n) is 19.7. The molecule has 29 nitrogen and oxygen atoms in total. The van der Waals surface area contributed by atoms with E-state index in [2.05, 4.69) is 62.8 Å². The molecule has 0 fully saturated rings. The average Bonchev–Trinajstić information content (AvgIpc) is 4.11. The molecular weight excluding hydrogens is 1060 g/mol. The Balaban J connectivity index is 1.59. The van der Waals surface area contributed by atoms with Crippen LogP contribution in [0.5, 0.6) is 0 Å². The zero-order valence-electron chi connectivity index (χ0n) is 45.2. The third-order valence-electron chi connectivity index (χ3n) is 12.6. The summed E-state index contributed by atoms with van der Waals surface area (Å²) < 4.78 is 0. The number of aliphatic hydroxyl groups excluding tert-OH is 5. The van der Waals surface area contributed by atoms with Crippen molar-refractivity contribution in [3.8, 4) is 0 Å². The number of carbonyl (C=O) groups excluding carboxylic acids is 9. The van der Waals surface area contributed by atoms with Crippen molar-refractivity contribution in [1.29, 1.82) is 0 Å². The highest BCUT2D eigenvalue weighted by molar-refractivity contribution is 5.99. The quantitative estimate of drug-likeness (QED) is 0.0217. The van der Waals surface area contributed by atoms with Gasteiger partial charge in [0.15, 0.2) is 0 Å². The number of rotatable bonds is 32. The Kier molecular flexibility index (Phi) is 25.3. The molecule has 2 aromatic carbocycles. The molecule has 12 atom stereocenters. The second kappa shape index (κ2) is 31.4. The molecule has 2 heterocycles. The van der Waals surface area contributed by atoms with Crippen molar-refractivity contribution in [1.82, 2.24) is 62.8 Å². The lowest BCUT2D eigenvalue weighted by Gasteiger charge is -2.28. The number of nitrogens with one attached hydrogen (secondary N) is 11. The second-order valence-corrected chi connectivity index (χ2v) is 19.7. The molecule has 0 bridgehead atoms. The van der Waals surface area contributed by atoms with Gasteiger partial charge >= 0.3 is 5.97 Å². The largest absolute Gasteiger partial charge is 0.480 e. The van der Waals surface area contributed by atoms with Gasteiger partial charge < -0.3 is 94.2 Å². The molecule has 4 rings (SSSR count). The van der Waals surface area contributed by atoms with E-state index >= 15 is 0 Å². The summed E-state index contributed by atoms with van der Waals surface area (Å²) in [5, 5.41) is 82.1. The number of aromatic amines is 2. The van der Waals surface area contributed by atoms with Gasteiger partial charge in [-0.15, -0.1) is 0 Å². The van der Waals surface area contributed by atoms with Crippen LogP contribution < -0.4 is 53.6 Å². The number of nitrogens with zero attached hydrogens (tertiary/aromatic N) is 1. The first-order valence-electron chi connectivity index (χ1n) is 25.8. The van der Waals surface area contributed by atoms with Crippen LogP contribution in [-0.2, 0) is 67.2 Å². The molecule has 0 unspecified atom stereocenters. The highest BCUT2D eigenvalue weighted by Gasteiger charge is 2.37. The van der Waals surface area contributed by atoms with E-state index in [1.165, 1.54) is 19.4 Å². The van der Waals surface area contributed by atoms with Gasteiger partial charge in [-0.05, 0) is 50.3 Å². The van der Waals surface area contributed by atoms with Gasteiger partial charge in [-0.25, -0.2) is 9.78 Å². The summed E-state index contributed by atoms with van der Waals surface area (Å²) in [7, 11) is 0. The Morgan fingerprint density at radius 1 is 0.543 bits per heavy atom. The maximum Gasteiger partial charge on any atom is 0.328 e. The van der Waals surface area contributed by atoms with Crippen molar-refractivity contribution in [2.75, 3.05) is 19.8 Å². The number of carbonyl (C=O) groups is 10. The number of para-hydroxylation sites is 1. The number of hydrogen-bond acceptors (Lipinski definition) is 17. The number of carboxylic acid groups (broad SMARTS) is 1. The van der Waals surface area contributed by atoms with Crippen LogP contribution in [0.1, 0.15) is 57.9 Å². The minimum absolute atomic E-state index is 0.0184. The number of H-pyrrole nitrogens is 2. The Bertz CT molecular complexity index is 2770. The number of benzene rings is 2. The van der Waals surface area contributed by atoms with Crippen LogP contribution in [0.2, 0.25) is 0 Å². The number of aliphatic hydroxyl groups is 5. The molecule has 0 aliphatic carbocycles. The van der Waals surface area contributed by atoms with Crippen LogP contribution in [0.15, 0.2) is 73.3 Å². The summed E-state index contributed by atoms with van der Waals surface area (Å²) in [5.41, 5.74) is 7.59. The molecule has 9 amide bonds. The first kappa shape index (κ1) is 65.2. The zero-order valence-corrected chi connectivity index (χ0v) is 45.2. The summed E-state index contributed by atoms with van der Waals surface area (Å²) in [6.07, 6.45) is -1.30. The molecule has 4 aromatic rings. The number of aliphatic carboxylic acids is 1. The van der Waals surface area contributed by atoms with Gasteiger partial charge in [0, 0.05) is 48.3 Å². The van der Waals surface area contributed by atoms with E-state index in [4.69, 9.17) is 5.73 Å². The predicted molar refractivity (Wildman–Crippen MR) is 287 cm³/mol. The van der Waals surface area contributed by atoms with Crippen molar-refractivity contribution < 1.29 is 78.6 Å². The van der Waals surface area contributed by atoms with Crippen molar-refractivity contribution in [2.45, 2.75) is 133 Å². The number of aromatic nitrogens is 3. The Morgan fingerprint density at radius 2 is 1.04 bits per heavy atom. The summed E-state index contributed by atoms with van der Waals surface area (Å²) in [6, 6.07) is 0.961. The molecule has 29 heteroatoms. The predicted octanol–water partition coefficient (Wildman–Crippen LogP) is -5.50. The Morgan fingerprint density at radius 3 is 1.59 bits per heavy atom. The third-order valence-corrected chi connectivity index (χ3v) is 12.6. The third kappa shape index (κ3) is 20.1. The van der Waals surface area contributed by atoms with Gasteiger partial charge in [-0.3, -0.25) is 43.2 Å². The number of nitrogens with two attached hydrogens (primary N) is 1. The summed E-state index contributed by atoms with van der Waals surface area (Å²) in [6.45, 7) is 4.34. The lowest BCUT2D eigenvalue weighted by atomic mass is 10.0. The van der Waals surface area contributed by atoms with Gasteiger partial charge in [-0.2, -0.15) is 0 Å². The van der Waals surface area contributed by atoms with Gasteiger partial charge in [-0.1, -0.05) is 62.4 Å². The van der Waals surface area contributed by atoms with Crippen molar-refractivity contribution in [3.63, 3.8) is 0 Å². The lowest BCUT2D eigenvalue weighted by molar-refractivity contribution is -0.143. The summed E-state index contributed by atoms with van der Waals surface area (Å²) in [4.78, 5) is 145. The monoisotopic (exact) mass is 1140 g/mol. The van der Waals surface area contributed by atoms with Crippen molar-refractivity contribution >= 4 is 70.0 Å². The molecule has 0 saturated carbocycles. The molecule has 0 radical (unpaired) electrons. The van der Waals surface area contributed by atoms with Gasteiger partial charge in [0.1, 0.15) is 54.4 Å². The molecule has 0 aliphatic rings. The first-order chi connectivity index (χ1) is 38.3. The van der Waals surface area contributed by atoms with Gasteiger partial charge in [0.2, 0.25) is 53.2 Å². The van der Waals surface area contributed by atoms with E-state index in [1.807, 2.05) is 0 Å². The molecular formula is C52H73N13O16. The normalized spacial score (nSPS) is 15.8. The molecule has 81 heavy (non-hydrogen) atoms. The van der Waals surface area contributed by atoms with E-state index in [0.29, 0.717) is 27.7 Å². The minimum Gasteiger partial charge on any atom is -0.480 e. The van der Waals surface area contributed by atoms with Gasteiger partial charge in [0.25, 0.3) is 0 Å². The van der Waals surface area contributed by atoms with Crippen LogP contribution >= 0.6 is 0 Å². The van der Waals surface area contributed by atoms with Crippen LogP contribution in [0.4, 0.5) is 0 Å². The SMILES string of the molecule is CC(C)C[C@H](NC(=O)[C@@H](NC(=O)[C@H](Cc1ccccc1)NC(=O)CNC(=O)[C@H](Cc1c[nH]c2ccccc12)NC(=O)[C@H](Cc1cnc[nH]1)NC(=O)[C@@H](NC(=O)[C@@H](NC(=O)[C@@H](N)CO)[C@@H](C)O)[C@@H](C)O)[C@@H](C)O)C(=O)N[C@@H](CO)C(=O)O. The molecule has 442 valence electrons. The number of carboxylic acids is 1. The fourth-order valence-electron chi connectivity index (χ4n) is 8.16. The number of imidazole rings is 1. The maximum absolute atomic E-state index is 14.4. The molecule has 0 saturated heterocycles. The number of fused-ring (bicyclic) bond motifs is 1. The van der Waals surface area contributed by atoms with Crippen LogP contribution in [0.3, 0.4) is 0 Å². The molecule has 19 N–H and O–H groups in total. The Hall–Kier alpha value is -8.35. The Labute approximate surface area is 464 Å². The van der Waals surface area contributed by atoms with Crippen LogP contribution in [-0.4, -0.2) is 197 Å². The van der Waals surface area contributed by atoms with E-state index in [0.717, 1.165) is 13.8 Å². The van der Waals surface area contributed by atoms with E-state index in [1.54, 1.807) is 74.6 Å². The van der Waals surface area contributed by atoms with E-state index in [9.17, 15) is 78.6 Å². The fourth-order valence-corrected chi connectivity index (χ4v) is 8.16. The number of hydrogen-bond donors (Lipinski definition) is 18. The highest BCUT2D eigenvalue weighted by Crippen LogP contribution is 2.20. The first-order valence-corrected chi connectivity index (χ1v) is 25.8. The summed E-state index contributed by atoms with van der Waals surface area (Å²) >= 11 is 0. The average molecular weight is 1140 g/mol. The van der Waals surface area contributed by atoms with Gasteiger partial charge in [0.05, 0.1) is 44.4 Å². The van der Waals surface area contributed by atoms with Crippen molar-refractivity contribution in [2.24, 2.45) is 11.7 Å². The zero-order chi connectivity index (χ0) is 60.1. The maximum atomic E-state index is 14.4. The van der Waals surface area contributed by atoms with E-state index in [-0.39, 0.29) is 31.6 Å².